The van der Waals surface area contributed by atoms with Gasteiger partial charge in [0.25, 0.3) is 0 Å². The molecule has 0 radical (unpaired) electrons. The summed E-state index contributed by atoms with van der Waals surface area (Å²) >= 11 is 13.8. The van der Waals surface area contributed by atoms with Gasteiger partial charge in [-0.05, 0) is 72.1 Å². The van der Waals surface area contributed by atoms with Gasteiger partial charge >= 0.3 is 0 Å². The average molecular weight is 562 g/mol. The SMILES string of the molecule is C[N+](C)(CCOc1c(Br)cc(Br)cc1Br)Cc1ccc(Br)o1. The Bertz CT molecular complexity index is 632. The topological polar surface area (TPSA) is 22.4 Å². The van der Waals surface area contributed by atoms with Crippen molar-refractivity contribution in [2.45, 2.75) is 6.54 Å². The number of quaternary nitrogens is 1. The molecule has 0 unspecified atom stereocenters. The van der Waals surface area contributed by atoms with E-state index in [0.29, 0.717) is 6.61 Å². The lowest BCUT2D eigenvalue weighted by molar-refractivity contribution is -0.904. The Balaban J connectivity index is 1.92. The van der Waals surface area contributed by atoms with Gasteiger partial charge in [-0.1, -0.05) is 15.9 Å². The molecule has 0 amide bonds. The highest BCUT2D eigenvalue weighted by Gasteiger charge is 2.19. The van der Waals surface area contributed by atoms with Crippen LogP contribution in [-0.4, -0.2) is 31.7 Å². The van der Waals surface area contributed by atoms with Crippen LogP contribution in [0.3, 0.4) is 0 Å². The molecule has 1 aromatic carbocycles. The van der Waals surface area contributed by atoms with Gasteiger partial charge in [-0.2, -0.15) is 0 Å². The Morgan fingerprint density at radius 2 is 1.68 bits per heavy atom. The van der Waals surface area contributed by atoms with E-state index in [9.17, 15) is 0 Å². The van der Waals surface area contributed by atoms with Crippen LogP contribution < -0.4 is 4.74 Å². The fraction of sp³-hybridized carbons (Fsp3) is 0.333. The minimum absolute atomic E-state index is 0.619. The zero-order chi connectivity index (χ0) is 16.3. The Hall–Kier alpha value is 0.180. The molecule has 0 atom stereocenters. The van der Waals surface area contributed by atoms with Gasteiger partial charge in [-0.15, -0.1) is 0 Å². The highest BCUT2D eigenvalue weighted by molar-refractivity contribution is 9.11. The Morgan fingerprint density at radius 3 is 2.23 bits per heavy atom. The molecule has 1 heterocycles. The van der Waals surface area contributed by atoms with Crippen LogP contribution in [0.2, 0.25) is 0 Å². The lowest BCUT2D eigenvalue weighted by Gasteiger charge is -2.28. The number of hydrogen-bond donors (Lipinski definition) is 0. The van der Waals surface area contributed by atoms with E-state index in [1.165, 1.54) is 0 Å². The van der Waals surface area contributed by atoms with Crippen molar-refractivity contribution in [2.75, 3.05) is 27.2 Å². The molecule has 0 bridgehead atoms. The lowest BCUT2D eigenvalue weighted by Crippen LogP contribution is -2.41. The number of benzene rings is 1. The summed E-state index contributed by atoms with van der Waals surface area (Å²) < 4.78 is 15.9. The second-order valence-electron chi connectivity index (χ2n) is 5.57. The summed E-state index contributed by atoms with van der Waals surface area (Å²) in [6, 6.07) is 7.86. The zero-order valence-corrected chi connectivity index (χ0v) is 18.6. The van der Waals surface area contributed by atoms with E-state index in [0.717, 1.165) is 47.2 Å². The van der Waals surface area contributed by atoms with Gasteiger partial charge in [0, 0.05) is 4.47 Å². The maximum absolute atomic E-state index is 5.93. The zero-order valence-electron chi connectivity index (χ0n) is 12.2. The summed E-state index contributed by atoms with van der Waals surface area (Å²) in [5, 5.41) is 0. The molecule has 120 valence electrons. The second-order valence-corrected chi connectivity index (χ2v) is 8.98. The molecule has 7 heteroatoms. The van der Waals surface area contributed by atoms with Crippen LogP contribution in [0.1, 0.15) is 5.76 Å². The molecule has 1 aromatic heterocycles. The van der Waals surface area contributed by atoms with Crippen molar-refractivity contribution >= 4 is 63.7 Å². The van der Waals surface area contributed by atoms with Gasteiger partial charge in [0.05, 0.1) is 23.0 Å². The van der Waals surface area contributed by atoms with E-state index in [2.05, 4.69) is 77.8 Å². The maximum Gasteiger partial charge on any atom is 0.169 e. The van der Waals surface area contributed by atoms with Gasteiger partial charge in [0.15, 0.2) is 10.4 Å². The first kappa shape index (κ1) is 18.5. The van der Waals surface area contributed by atoms with Crippen LogP contribution in [0.25, 0.3) is 0 Å². The van der Waals surface area contributed by atoms with Crippen molar-refractivity contribution in [1.29, 1.82) is 0 Å². The molecule has 0 aliphatic heterocycles. The molecular weight excluding hydrogens is 546 g/mol. The number of nitrogens with zero attached hydrogens (tertiary/aromatic N) is 1. The average Bonchev–Trinajstić information content (AvgIpc) is 2.77. The molecule has 0 fully saturated rings. The number of furan rings is 1. The fourth-order valence-corrected chi connectivity index (χ4v) is 4.83. The normalized spacial score (nSPS) is 11.7. The molecule has 0 N–H and O–H groups in total. The molecule has 0 aliphatic carbocycles. The Labute approximate surface area is 164 Å². The smallest absolute Gasteiger partial charge is 0.169 e. The summed E-state index contributed by atoms with van der Waals surface area (Å²) in [5.41, 5.74) is 0. The van der Waals surface area contributed by atoms with E-state index in [1.54, 1.807) is 0 Å². The van der Waals surface area contributed by atoms with Crippen molar-refractivity contribution in [3.63, 3.8) is 0 Å². The first-order valence-corrected chi connectivity index (χ1v) is 9.77. The van der Waals surface area contributed by atoms with E-state index < -0.39 is 0 Å². The standard InChI is InChI=1S/C15H16Br4NO2/c1-20(2,9-11-3-4-14(19)22-11)5-6-21-15-12(17)7-10(16)8-13(15)18/h3-4,7-8H,5-6,9H2,1-2H3/q+1. The van der Waals surface area contributed by atoms with Crippen molar-refractivity contribution in [2.24, 2.45) is 0 Å². The van der Waals surface area contributed by atoms with Crippen LogP contribution in [0.5, 0.6) is 5.75 Å². The number of ether oxygens (including phenoxy) is 1. The first-order valence-electron chi connectivity index (χ1n) is 6.60. The largest absolute Gasteiger partial charge is 0.485 e. The van der Waals surface area contributed by atoms with Gasteiger partial charge in [0.2, 0.25) is 0 Å². The predicted molar refractivity (Wildman–Crippen MR) is 102 cm³/mol. The monoisotopic (exact) mass is 558 g/mol. The number of halogens is 4. The quantitative estimate of drug-likeness (QED) is 0.405. The fourth-order valence-electron chi connectivity index (χ4n) is 2.00. The lowest BCUT2D eigenvalue weighted by atomic mass is 10.3. The van der Waals surface area contributed by atoms with E-state index in [-0.39, 0.29) is 0 Å². The highest BCUT2D eigenvalue weighted by Crippen LogP contribution is 2.36. The van der Waals surface area contributed by atoms with Crippen LogP contribution >= 0.6 is 63.7 Å². The van der Waals surface area contributed by atoms with Crippen molar-refractivity contribution in [3.05, 3.63) is 48.1 Å². The molecule has 3 nitrogen and oxygen atoms in total. The number of rotatable bonds is 6. The number of hydrogen-bond acceptors (Lipinski definition) is 2. The third-order valence-corrected chi connectivity index (χ3v) is 5.18. The van der Waals surface area contributed by atoms with Crippen molar-refractivity contribution in [3.8, 4) is 5.75 Å². The van der Waals surface area contributed by atoms with Crippen LogP contribution in [0, 0.1) is 0 Å². The van der Waals surface area contributed by atoms with Crippen molar-refractivity contribution in [1.82, 2.24) is 0 Å². The van der Waals surface area contributed by atoms with Crippen LogP contribution in [0.4, 0.5) is 0 Å². The minimum atomic E-state index is 0.619. The molecule has 0 spiro atoms. The minimum Gasteiger partial charge on any atom is -0.485 e. The predicted octanol–water partition coefficient (Wildman–Crippen LogP) is 5.99. The highest BCUT2D eigenvalue weighted by atomic mass is 79.9. The Kier molecular flexibility index (Phi) is 6.59. The van der Waals surface area contributed by atoms with Gasteiger partial charge in [-0.25, -0.2) is 0 Å². The van der Waals surface area contributed by atoms with Crippen molar-refractivity contribution < 1.29 is 13.6 Å². The molecule has 2 rings (SSSR count). The first-order chi connectivity index (χ1) is 10.3. The number of likely N-dealkylation sites (N-methyl/N-ethyl adjacent to an activating group) is 1. The van der Waals surface area contributed by atoms with Crippen LogP contribution in [0.15, 0.2) is 46.8 Å². The van der Waals surface area contributed by atoms with Gasteiger partial charge in [-0.3, -0.25) is 0 Å². The summed E-state index contributed by atoms with van der Waals surface area (Å²) in [6.45, 7) is 2.30. The maximum atomic E-state index is 5.93. The molecular formula is C15H16Br4NO2+. The van der Waals surface area contributed by atoms with E-state index in [4.69, 9.17) is 9.15 Å². The van der Waals surface area contributed by atoms with E-state index >= 15 is 0 Å². The summed E-state index contributed by atoms with van der Waals surface area (Å²) in [7, 11) is 4.32. The molecule has 0 saturated heterocycles. The van der Waals surface area contributed by atoms with E-state index in [1.807, 2.05) is 24.3 Å². The van der Waals surface area contributed by atoms with Gasteiger partial charge in [0.1, 0.15) is 25.4 Å². The summed E-state index contributed by atoms with van der Waals surface area (Å²) in [6.07, 6.45) is 0. The Morgan fingerprint density at radius 1 is 1.05 bits per heavy atom. The second kappa shape index (κ2) is 7.83. The van der Waals surface area contributed by atoms with Crippen LogP contribution in [-0.2, 0) is 6.54 Å². The third kappa shape index (κ3) is 5.37. The summed E-state index contributed by atoms with van der Waals surface area (Å²) in [4.78, 5) is 0. The molecule has 22 heavy (non-hydrogen) atoms. The molecule has 0 aliphatic rings. The molecule has 2 aromatic rings. The van der Waals surface area contributed by atoms with Gasteiger partial charge < -0.3 is 13.6 Å². The third-order valence-electron chi connectivity index (χ3n) is 3.12. The molecule has 0 saturated carbocycles. The summed E-state index contributed by atoms with van der Waals surface area (Å²) in [5.74, 6) is 1.78.